The number of nitro groups is 1. The number of nitro benzene ring substituents is 1. The predicted molar refractivity (Wildman–Crippen MR) is 94.2 cm³/mol. The van der Waals surface area contributed by atoms with Gasteiger partial charge >= 0.3 is 0 Å². The largest absolute Gasteiger partial charge is 0.299 e. The van der Waals surface area contributed by atoms with Crippen LogP contribution in [0.4, 0.5) is 5.69 Å². The molecule has 0 bridgehead atoms. The molecule has 0 spiro atoms. The lowest BCUT2D eigenvalue weighted by Crippen LogP contribution is -2.00. The van der Waals surface area contributed by atoms with Gasteiger partial charge in [-0.3, -0.25) is 19.7 Å². The minimum absolute atomic E-state index is 0.105. The molecule has 1 fully saturated rings. The fourth-order valence-electron chi connectivity index (χ4n) is 2.59. The SMILES string of the molecule is O=[N+]([O-])c1ccc(CSc2nnc(-c3cccnc3)n2C2CC2)cc1. The maximum atomic E-state index is 10.7. The van der Waals surface area contributed by atoms with Crippen LogP contribution < -0.4 is 0 Å². The highest BCUT2D eigenvalue weighted by molar-refractivity contribution is 7.98. The number of thioether (sulfide) groups is 1. The van der Waals surface area contributed by atoms with Gasteiger partial charge in [0, 0.05) is 41.9 Å². The molecule has 0 amide bonds. The molecule has 4 rings (SSSR count). The molecule has 1 saturated carbocycles. The van der Waals surface area contributed by atoms with E-state index >= 15 is 0 Å². The second-order valence-electron chi connectivity index (χ2n) is 5.86. The number of rotatable bonds is 6. The standard InChI is InChI=1S/C17H15N5O2S/c23-22(24)15-5-3-12(4-6-15)11-25-17-20-19-16(21(17)14-7-8-14)13-2-1-9-18-10-13/h1-6,9-10,14H,7-8,11H2. The Morgan fingerprint density at radius 3 is 2.64 bits per heavy atom. The number of nitrogens with zero attached hydrogens (tertiary/aromatic N) is 5. The summed E-state index contributed by atoms with van der Waals surface area (Å²) in [6.07, 6.45) is 5.81. The average Bonchev–Trinajstić information content (AvgIpc) is 3.40. The average molecular weight is 353 g/mol. The van der Waals surface area contributed by atoms with Crippen LogP contribution in [0.2, 0.25) is 0 Å². The molecular formula is C17H15N5O2S. The number of pyridine rings is 1. The van der Waals surface area contributed by atoms with Crippen LogP contribution in [0.5, 0.6) is 0 Å². The van der Waals surface area contributed by atoms with E-state index in [9.17, 15) is 10.1 Å². The van der Waals surface area contributed by atoms with Gasteiger partial charge in [0.1, 0.15) is 0 Å². The van der Waals surface area contributed by atoms with Crippen molar-refractivity contribution in [1.29, 1.82) is 0 Å². The summed E-state index contributed by atoms with van der Waals surface area (Å²) in [6, 6.07) is 11.0. The number of aromatic nitrogens is 4. The molecule has 2 heterocycles. The molecule has 1 aromatic carbocycles. The minimum Gasteiger partial charge on any atom is -0.299 e. The maximum absolute atomic E-state index is 10.7. The molecule has 0 atom stereocenters. The Hall–Kier alpha value is -2.74. The Morgan fingerprint density at radius 1 is 1.20 bits per heavy atom. The van der Waals surface area contributed by atoms with Crippen LogP contribution in [-0.2, 0) is 5.75 Å². The van der Waals surface area contributed by atoms with E-state index < -0.39 is 0 Å². The van der Waals surface area contributed by atoms with E-state index in [1.807, 2.05) is 12.1 Å². The first-order chi connectivity index (χ1) is 12.2. The highest BCUT2D eigenvalue weighted by Crippen LogP contribution is 2.41. The van der Waals surface area contributed by atoms with Gasteiger partial charge < -0.3 is 0 Å². The lowest BCUT2D eigenvalue weighted by molar-refractivity contribution is -0.384. The van der Waals surface area contributed by atoms with Crippen LogP contribution in [0.1, 0.15) is 24.4 Å². The van der Waals surface area contributed by atoms with Gasteiger partial charge in [0.05, 0.1) is 4.92 Å². The molecule has 8 heteroatoms. The van der Waals surface area contributed by atoms with Gasteiger partial charge in [0.2, 0.25) is 0 Å². The lowest BCUT2D eigenvalue weighted by atomic mass is 10.2. The van der Waals surface area contributed by atoms with Gasteiger partial charge in [-0.2, -0.15) is 0 Å². The zero-order valence-electron chi connectivity index (χ0n) is 13.3. The fraction of sp³-hybridized carbons (Fsp3) is 0.235. The van der Waals surface area contributed by atoms with Crippen LogP contribution >= 0.6 is 11.8 Å². The van der Waals surface area contributed by atoms with Crippen LogP contribution in [-0.4, -0.2) is 24.7 Å². The molecule has 126 valence electrons. The Balaban J connectivity index is 1.55. The van der Waals surface area contributed by atoms with Crippen molar-refractivity contribution in [2.24, 2.45) is 0 Å². The summed E-state index contributed by atoms with van der Waals surface area (Å²) in [4.78, 5) is 14.5. The number of hydrogen-bond donors (Lipinski definition) is 0. The molecule has 0 radical (unpaired) electrons. The molecule has 7 nitrogen and oxygen atoms in total. The summed E-state index contributed by atoms with van der Waals surface area (Å²) in [6.45, 7) is 0. The molecule has 0 N–H and O–H groups in total. The third-order valence-corrected chi connectivity index (χ3v) is 5.03. The van der Waals surface area contributed by atoms with Gasteiger partial charge in [0.15, 0.2) is 11.0 Å². The van der Waals surface area contributed by atoms with Crippen molar-refractivity contribution in [1.82, 2.24) is 19.7 Å². The fourth-order valence-corrected chi connectivity index (χ4v) is 3.55. The van der Waals surface area contributed by atoms with Crippen LogP contribution in [0.15, 0.2) is 53.9 Å². The van der Waals surface area contributed by atoms with Crippen molar-refractivity contribution < 1.29 is 4.92 Å². The van der Waals surface area contributed by atoms with Crippen molar-refractivity contribution in [2.45, 2.75) is 29.8 Å². The molecule has 3 aromatic rings. The van der Waals surface area contributed by atoms with Crippen molar-refractivity contribution >= 4 is 17.4 Å². The zero-order chi connectivity index (χ0) is 17.2. The quantitative estimate of drug-likeness (QED) is 0.380. The molecule has 25 heavy (non-hydrogen) atoms. The third kappa shape index (κ3) is 3.39. The van der Waals surface area contributed by atoms with E-state index in [1.54, 1.807) is 36.3 Å². The van der Waals surface area contributed by atoms with Gasteiger partial charge in [-0.25, -0.2) is 0 Å². The highest BCUT2D eigenvalue weighted by Gasteiger charge is 2.30. The molecule has 0 unspecified atom stereocenters. The van der Waals surface area contributed by atoms with Crippen molar-refractivity contribution in [3.63, 3.8) is 0 Å². The van der Waals surface area contributed by atoms with E-state index in [2.05, 4.69) is 19.7 Å². The Labute approximate surface area is 148 Å². The topological polar surface area (TPSA) is 86.7 Å². The minimum atomic E-state index is -0.388. The smallest absolute Gasteiger partial charge is 0.269 e. The van der Waals surface area contributed by atoms with Crippen LogP contribution in [0, 0.1) is 10.1 Å². The second-order valence-corrected chi connectivity index (χ2v) is 6.80. The molecular weight excluding hydrogens is 338 g/mol. The van der Waals surface area contributed by atoms with E-state index in [4.69, 9.17) is 0 Å². The summed E-state index contributed by atoms with van der Waals surface area (Å²) in [5.41, 5.74) is 2.08. The van der Waals surface area contributed by atoms with Crippen molar-refractivity contribution in [2.75, 3.05) is 0 Å². The van der Waals surface area contributed by atoms with Crippen LogP contribution in [0.3, 0.4) is 0 Å². The monoisotopic (exact) mass is 353 g/mol. The third-order valence-electron chi connectivity index (χ3n) is 4.01. The Kier molecular flexibility index (Phi) is 4.19. The highest BCUT2D eigenvalue weighted by atomic mass is 32.2. The molecule has 1 aliphatic rings. The summed E-state index contributed by atoms with van der Waals surface area (Å²) < 4.78 is 2.19. The van der Waals surface area contributed by atoms with E-state index in [0.717, 1.165) is 34.9 Å². The van der Waals surface area contributed by atoms with E-state index in [1.165, 1.54) is 12.1 Å². The summed E-state index contributed by atoms with van der Waals surface area (Å²) in [5, 5.41) is 20.3. The molecule has 1 aliphatic carbocycles. The zero-order valence-corrected chi connectivity index (χ0v) is 14.1. The van der Waals surface area contributed by atoms with E-state index in [-0.39, 0.29) is 10.6 Å². The Bertz CT molecular complexity index is 891. The number of benzene rings is 1. The maximum Gasteiger partial charge on any atom is 0.269 e. The van der Waals surface area contributed by atoms with Gasteiger partial charge in [-0.15, -0.1) is 10.2 Å². The van der Waals surface area contributed by atoms with Gasteiger partial charge in [-0.1, -0.05) is 23.9 Å². The molecule has 0 saturated heterocycles. The predicted octanol–water partition coefficient (Wildman–Crippen LogP) is 3.88. The second kappa shape index (κ2) is 6.64. The first kappa shape index (κ1) is 15.8. The van der Waals surface area contributed by atoms with Gasteiger partial charge in [0.25, 0.3) is 5.69 Å². The summed E-state index contributed by atoms with van der Waals surface area (Å²) >= 11 is 1.60. The van der Waals surface area contributed by atoms with Gasteiger partial charge in [-0.05, 0) is 30.5 Å². The first-order valence-electron chi connectivity index (χ1n) is 7.94. The number of hydrogen-bond acceptors (Lipinski definition) is 6. The molecule has 0 aliphatic heterocycles. The van der Waals surface area contributed by atoms with Crippen molar-refractivity contribution in [3.8, 4) is 11.4 Å². The number of non-ortho nitro benzene ring substituents is 1. The van der Waals surface area contributed by atoms with E-state index in [0.29, 0.717) is 11.8 Å². The Morgan fingerprint density at radius 2 is 2.00 bits per heavy atom. The first-order valence-corrected chi connectivity index (χ1v) is 8.92. The van der Waals surface area contributed by atoms with Crippen molar-refractivity contribution in [3.05, 3.63) is 64.5 Å². The van der Waals surface area contributed by atoms with Crippen LogP contribution in [0.25, 0.3) is 11.4 Å². The summed E-state index contributed by atoms with van der Waals surface area (Å²) in [7, 11) is 0. The summed E-state index contributed by atoms with van der Waals surface area (Å²) in [5.74, 6) is 1.54. The normalized spacial score (nSPS) is 13.8. The molecule has 2 aromatic heterocycles. The lowest BCUT2D eigenvalue weighted by Gasteiger charge is -2.08.